The number of rotatable bonds is 5. The Labute approximate surface area is 162 Å². The van der Waals surface area contributed by atoms with Gasteiger partial charge in [0.1, 0.15) is 0 Å². The van der Waals surface area contributed by atoms with Gasteiger partial charge in [-0.15, -0.1) is 11.3 Å². The van der Waals surface area contributed by atoms with Crippen molar-refractivity contribution in [2.24, 2.45) is 0 Å². The molecule has 0 unspecified atom stereocenters. The van der Waals surface area contributed by atoms with E-state index in [0.717, 1.165) is 33.2 Å². The van der Waals surface area contributed by atoms with Crippen molar-refractivity contribution < 1.29 is 9.90 Å². The van der Waals surface area contributed by atoms with Gasteiger partial charge in [0.05, 0.1) is 21.8 Å². The number of aromatic nitrogens is 2. The smallest absolute Gasteiger partial charge is 0.313 e. The minimum absolute atomic E-state index is 0.0359. The van der Waals surface area contributed by atoms with Crippen molar-refractivity contribution in [3.05, 3.63) is 59.6 Å². The van der Waals surface area contributed by atoms with Crippen LogP contribution in [0.5, 0.6) is 0 Å². The number of carboxylic acids is 1. The Morgan fingerprint density at radius 2 is 1.92 bits per heavy atom. The molecule has 0 spiro atoms. The maximum Gasteiger partial charge on any atom is 0.313 e. The molecule has 130 valence electrons. The van der Waals surface area contributed by atoms with Crippen LogP contribution in [0.15, 0.2) is 59.8 Å². The van der Waals surface area contributed by atoms with E-state index >= 15 is 0 Å². The SMILES string of the molecule is O=C(O)CSc1nc2cc(-c3ccc(-c4ccccc4)s3)c(Cl)cc2[nH]1. The van der Waals surface area contributed by atoms with Gasteiger partial charge in [0.2, 0.25) is 0 Å². The Kier molecular flexibility index (Phi) is 4.72. The number of fused-ring (bicyclic) bond motifs is 1. The third kappa shape index (κ3) is 3.49. The molecule has 7 heteroatoms. The van der Waals surface area contributed by atoms with Gasteiger partial charge in [0.25, 0.3) is 0 Å². The van der Waals surface area contributed by atoms with Crippen molar-refractivity contribution in [2.45, 2.75) is 5.16 Å². The second-order valence-electron chi connectivity index (χ2n) is 5.60. The van der Waals surface area contributed by atoms with Gasteiger partial charge in [-0.25, -0.2) is 4.98 Å². The van der Waals surface area contributed by atoms with E-state index in [1.165, 1.54) is 10.4 Å². The van der Waals surface area contributed by atoms with Crippen molar-refractivity contribution in [1.29, 1.82) is 0 Å². The minimum atomic E-state index is -0.874. The molecule has 0 radical (unpaired) electrons. The van der Waals surface area contributed by atoms with E-state index in [1.807, 2.05) is 30.3 Å². The highest BCUT2D eigenvalue weighted by Gasteiger charge is 2.13. The second kappa shape index (κ2) is 7.15. The molecular formula is C19H13ClN2O2S2. The van der Waals surface area contributed by atoms with Gasteiger partial charge in [-0.2, -0.15) is 0 Å². The molecule has 0 saturated carbocycles. The van der Waals surface area contributed by atoms with E-state index in [-0.39, 0.29) is 5.75 Å². The number of hydrogen-bond acceptors (Lipinski definition) is 4. The molecule has 2 aromatic carbocycles. The second-order valence-corrected chi connectivity index (χ2v) is 8.06. The maximum absolute atomic E-state index is 10.7. The number of nitrogens with one attached hydrogen (secondary N) is 1. The van der Waals surface area contributed by atoms with Crippen molar-refractivity contribution >= 4 is 51.7 Å². The van der Waals surface area contributed by atoms with Gasteiger partial charge in [-0.3, -0.25) is 4.79 Å². The number of imidazole rings is 1. The molecule has 0 aliphatic heterocycles. The van der Waals surface area contributed by atoms with Crippen LogP contribution in [0.1, 0.15) is 0 Å². The lowest BCUT2D eigenvalue weighted by molar-refractivity contribution is -0.133. The van der Waals surface area contributed by atoms with Crippen LogP contribution in [0.2, 0.25) is 5.02 Å². The molecule has 2 aromatic heterocycles. The quantitative estimate of drug-likeness (QED) is 0.416. The topological polar surface area (TPSA) is 66.0 Å². The lowest BCUT2D eigenvalue weighted by Gasteiger charge is -2.01. The molecule has 4 aromatic rings. The Bertz CT molecular complexity index is 1090. The Balaban J connectivity index is 1.69. The molecule has 0 bridgehead atoms. The van der Waals surface area contributed by atoms with E-state index in [2.05, 4.69) is 34.2 Å². The highest BCUT2D eigenvalue weighted by atomic mass is 35.5. The summed E-state index contributed by atoms with van der Waals surface area (Å²) in [5.41, 5.74) is 3.67. The van der Waals surface area contributed by atoms with Gasteiger partial charge >= 0.3 is 5.97 Å². The summed E-state index contributed by atoms with van der Waals surface area (Å²) in [4.78, 5) is 20.5. The van der Waals surface area contributed by atoms with Crippen LogP contribution in [0.4, 0.5) is 0 Å². The van der Waals surface area contributed by atoms with Gasteiger partial charge in [-0.05, 0) is 29.8 Å². The summed E-state index contributed by atoms with van der Waals surface area (Å²) in [6, 6.07) is 18.1. The molecule has 2 N–H and O–H groups in total. The van der Waals surface area contributed by atoms with Gasteiger partial charge < -0.3 is 10.1 Å². The van der Waals surface area contributed by atoms with Crippen LogP contribution in [0.25, 0.3) is 31.9 Å². The zero-order valence-electron chi connectivity index (χ0n) is 13.4. The van der Waals surface area contributed by atoms with Crippen LogP contribution in [0, 0.1) is 0 Å². The van der Waals surface area contributed by atoms with E-state index in [4.69, 9.17) is 16.7 Å². The summed E-state index contributed by atoms with van der Waals surface area (Å²) in [5.74, 6) is -0.910. The summed E-state index contributed by atoms with van der Waals surface area (Å²) in [6.07, 6.45) is 0. The van der Waals surface area contributed by atoms with Gasteiger partial charge in [0.15, 0.2) is 5.16 Å². The molecular weight excluding hydrogens is 388 g/mol. The van der Waals surface area contributed by atoms with E-state index in [9.17, 15) is 4.79 Å². The van der Waals surface area contributed by atoms with Crippen molar-refractivity contribution in [3.63, 3.8) is 0 Å². The molecule has 2 heterocycles. The normalized spacial score (nSPS) is 11.1. The molecule has 0 aliphatic rings. The number of carboxylic acid groups (broad SMARTS) is 1. The highest BCUT2D eigenvalue weighted by Crippen LogP contribution is 2.39. The highest BCUT2D eigenvalue weighted by molar-refractivity contribution is 7.99. The third-order valence-corrected chi connectivity index (χ3v) is 6.15. The Morgan fingerprint density at radius 3 is 2.69 bits per heavy atom. The first-order chi connectivity index (χ1) is 12.6. The van der Waals surface area contributed by atoms with Crippen LogP contribution in [0.3, 0.4) is 0 Å². The fourth-order valence-electron chi connectivity index (χ4n) is 2.63. The molecule has 4 nitrogen and oxygen atoms in total. The van der Waals surface area contributed by atoms with Crippen molar-refractivity contribution in [2.75, 3.05) is 5.75 Å². The lowest BCUT2D eigenvalue weighted by Crippen LogP contribution is -1.97. The van der Waals surface area contributed by atoms with E-state index in [1.54, 1.807) is 11.3 Å². The summed E-state index contributed by atoms with van der Waals surface area (Å²) in [5, 5.41) is 10.0. The largest absolute Gasteiger partial charge is 0.481 e. The predicted molar refractivity (Wildman–Crippen MR) is 108 cm³/mol. The maximum atomic E-state index is 10.7. The standard InChI is InChI=1S/C19H13ClN2O2S2/c20-13-9-15-14(21-19(22-15)25-10-18(23)24)8-12(13)17-7-6-16(26-17)11-4-2-1-3-5-11/h1-9H,10H2,(H,21,22)(H,23,24). The van der Waals surface area contributed by atoms with E-state index < -0.39 is 5.97 Å². The zero-order valence-corrected chi connectivity index (χ0v) is 15.8. The van der Waals surface area contributed by atoms with Crippen LogP contribution < -0.4 is 0 Å². The molecule has 0 saturated heterocycles. The predicted octanol–water partition coefficient (Wildman–Crippen LogP) is 5.79. The summed E-state index contributed by atoms with van der Waals surface area (Å²) < 4.78 is 0. The average Bonchev–Trinajstić information content (AvgIpc) is 3.26. The number of aromatic amines is 1. The fourth-order valence-corrected chi connectivity index (χ4v) is 4.60. The average molecular weight is 401 g/mol. The number of thiophene rings is 1. The molecule has 0 amide bonds. The van der Waals surface area contributed by atoms with Crippen molar-refractivity contribution in [1.82, 2.24) is 9.97 Å². The van der Waals surface area contributed by atoms with Crippen molar-refractivity contribution in [3.8, 4) is 20.9 Å². The number of aliphatic carboxylic acids is 1. The summed E-state index contributed by atoms with van der Waals surface area (Å²) in [7, 11) is 0. The van der Waals surface area contributed by atoms with Crippen LogP contribution in [-0.2, 0) is 4.79 Å². The summed E-state index contributed by atoms with van der Waals surface area (Å²) in [6.45, 7) is 0. The first kappa shape index (κ1) is 17.1. The first-order valence-corrected chi connectivity index (χ1v) is 9.97. The third-order valence-electron chi connectivity index (χ3n) is 3.81. The monoisotopic (exact) mass is 400 g/mol. The van der Waals surface area contributed by atoms with Crippen LogP contribution >= 0.6 is 34.7 Å². The lowest BCUT2D eigenvalue weighted by atomic mass is 10.1. The number of carbonyl (C=O) groups is 1. The number of halogens is 1. The minimum Gasteiger partial charge on any atom is -0.481 e. The number of H-pyrrole nitrogens is 1. The number of thioether (sulfide) groups is 1. The molecule has 4 rings (SSSR count). The first-order valence-electron chi connectivity index (χ1n) is 7.79. The zero-order chi connectivity index (χ0) is 18.1. The molecule has 0 fully saturated rings. The molecule has 0 atom stereocenters. The fraction of sp³-hybridized carbons (Fsp3) is 0.0526. The van der Waals surface area contributed by atoms with E-state index in [0.29, 0.717) is 10.2 Å². The van der Waals surface area contributed by atoms with Gasteiger partial charge in [0, 0.05) is 15.3 Å². The Morgan fingerprint density at radius 1 is 1.15 bits per heavy atom. The van der Waals surface area contributed by atoms with Gasteiger partial charge in [-0.1, -0.05) is 53.7 Å². The Hall–Kier alpha value is -2.28. The number of hydrogen-bond donors (Lipinski definition) is 2. The van der Waals surface area contributed by atoms with Crippen LogP contribution in [-0.4, -0.2) is 26.8 Å². The molecule has 26 heavy (non-hydrogen) atoms. The number of benzene rings is 2. The number of nitrogens with zero attached hydrogens (tertiary/aromatic N) is 1. The molecule has 0 aliphatic carbocycles. The summed E-state index contributed by atoms with van der Waals surface area (Å²) >= 11 is 9.32.